The molecule has 2 N–H and O–H groups in total. The summed E-state index contributed by atoms with van der Waals surface area (Å²) < 4.78 is 22.9. The Morgan fingerprint density at radius 2 is 2.28 bits per heavy atom. The van der Waals surface area contributed by atoms with Gasteiger partial charge in [-0.3, -0.25) is 4.21 Å². The lowest BCUT2D eigenvalue weighted by molar-refractivity contribution is 0.127. The molecular formula is C13H19NO3S. The molecule has 0 saturated carbocycles. The summed E-state index contributed by atoms with van der Waals surface area (Å²) in [4.78, 5) is 0. The predicted molar refractivity (Wildman–Crippen MR) is 73.1 cm³/mol. The highest BCUT2D eigenvalue weighted by Crippen LogP contribution is 2.24. The molecule has 1 aliphatic heterocycles. The number of ether oxygens (including phenoxy) is 2. The van der Waals surface area contributed by atoms with Gasteiger partial charge in [0.1, 0.15) is 5.75 Å². The van der Waals surface area contributed by atoms with Crippen LogP contribution in [-0.4, -0.2) is 29.3 Å². The van der Waals surface area contributed by atoms with E-state index < -0.39 is 10.8 Å². The lowest BCUT2D eigenvalue weighted by Gasteiger charge is -2.14. The second-order valence-electron chi connectivity index (χ2n) is 4.54. The quantitative estimate of drug-likeness (QED) is 0.845. The molecule has 1 heterocycles. The SMILES string of the molecule is COc1cc(N)cc(CS(=O)C2CCOC2C)c1. The Balaban J connectivity index is 2.09. The fourth-order valence-electron chi connectivity index (χ4n) is 2.22. The molecule has 0 radical (unpaired) electrons. The van der Waals surface area contributed by atoms with E-state index in [4.69, 9.17) is 15.2 Å². The molecule has 0 bridgehead atoms. The number of rotatable bonds is 4. The summed E-state index contributed by atoms with van der Waals surface area (Å²) in [7, 11) is 0.669. The minimum Gasteiger partial charge on any atom is -0.497 e. The minimum atomic E-state index is -0.931. The molecule has 1 aliphatic rings. The Morgan fingerprint density at radius 1 is 1.50 bits per heavy atom. The molecule has 2 rings (SSSR count). The van der Waals surface area contributed by atoms with Crippen LogP contribution in [0.4, 0.5) is 5.69 Å². The normalized spacial score (nSPS) is 25.0. The van der Waals surface area contributed by atoms with Crippen molar-refractivity contribution in [1.82, 2.24) is 0 Å². The van der Waals surface area contributed by atoms with Crippen LogP contribution in [0.1, 0.15) is 18.9 Å². The zero-order valence-corrected chi connectivity index (χ0v) is 11.5. The van der Waals surface area contributed by atoms with Crippen LogP contribution in [0.25, 0.3) is 0 Å². The fraction of sp³-hybridized carbons (Fsp3) is 0.538. The van der Waals surface area contributed by atoms with Gasteiger partial charge in [-0.2, -0.15) is 0 Å². The summed E-state index contributed by atoms with van der Waals surface area (Å²) in [6.45, 7) is 2.69. The largest absolute Gasteiger partial charge is 0.497 e. The Kier molecular flexibility index (Phi) is 4.24. The average molecular weight is 269 g/mol. The van der Waals surface area contributed by atoms with Crippen molar-refractivity contribution in [2.24, 2.45) is 0 Å². The molecule has 1 saturated heterocycles. The second kappa shape index (κ2) is 5.71. The Labute approximate surface area is 110 Å². The third-order valence-electron chi connectivity index (χ3n) is 3.18. The van der Waals surface area contributed by atoms with Crippen LogP contribution in [0.15, 0.2) is 18.2 Å². The van der Waals surface area contributed by atoms with Gasteiger partial charge in [0, 0.05) is 34.9 Å². The van der Waals surface area contributed by atoms with Gasteiger partial charge in [-0.05, 0) is 31.0 Å². The van der Waals surface area contributed by atoms with E-state index in [1.807, 2.05) is 19.1 Å². The van der Waals surface area contributed by atoms with Crippen molar-refractivity contribution in [2.45, 2.75) is 30.5 Å². The molecular weight excluding hydrogens is 250 g/mol. The molecule has 1 fully saturated rings. The molecule has 1 aromatic rings. The van der Waals surface area contributed by atoms with E-state index in [0.29, 0.717) is 23.8 Å². The summed E-state index contributed by atoms with van der Waals surface area (Å²) in [6.07, 6.45) is 0.946. The lowest BCUT2D eigenvalue weighted by atomic mass is 10.2. The number of nitrogens with two attached hydrogens (primary N) is 1. The molecule has 100 valence electrons. The number of anilines is 1. The maximum atomic E-state index is 12.3. The first-order chi connectivity index (χ1) is 8.60. The summed E-state index contributed by atoms with van der Waals surface area (Å²) >= 11 is 0. The van der Waals surface area contributed by atoms with Gasteiger partial charge in [-0.1, -0.05) is 0 Å². The first kappa shape index (κ1) is 13.4. The highest BCUT2D eigenvalue weighted by atomic mass is 32.2. The van der Waals surface area contributed by atoms with Crippen LogP contribution in [0.2, 0.25) is 0 Å². The Bertz CT molecular complexity index is 450. The van der Waals surface area contributed by atoms with Crippen molar-refractivity contribution in [2.75, 3.05) is 19.5 Å². The third kappa shape index (κ3) is 3.03. The molecule has 0 amide bonds. The average Bonchev–Trinajstić information content (AvgIpc) is 2.74. The van der Waals surface area contributed by atoms with Gasteiger partial charge in [0.05, 0.1) is 18.5 Å². The molecule has 3 atom stereocenters. The summed E-state index contributed by atoms with van der Waals surface area (Å²) in [5.41, 5.74) is 7.37. The van der Waals surface area contributed by atoms with Crippen molar-refractivity contribution in [1.29, 1.82) is 0 Å². The van der Waals surface area contributed by atoms with Crippen LogP contribution in [0.5, 0.6) is 5.75 Å². The maximum absolute atomic E-state index is 12.3. The smallest absolute Gasteiger partial charge is 0.121 e. The van der Waals surface area contributed by atoms with E-state index >= 15 is 0 Å². The van der Waals surface area contributed by atoms with Gasteiger partial charge in [0.2, 0.25) is 0 Å². The summed E-state index contributed by atoms with van der Waals surface area (Å²) in [6, 6.07) is 5.49. The first-order valence-electron chi connectivity index (χ1n) is 6.02. The van der Waals surface area contributed by atoms with Gasteiger partial charge in [-0.15, -0.1) is 0 Å². The monoisotopic (exact) mass is 269 g/mol. The van der Waals surface area contributed by atoms with Gasteiger partial charge in [0.15, 0.2) is 0 Å². The molecule has 18 heavy (non-hydrogen) atoms. The van der Waals surface area contributed by atoms with Crippen molar-refractivity contribution < 1.29 is 13.7 Å². The maximum Gasteiger partial charge on any atom is 0.121 e. The predicted octanol–water partition coefficient (Wildman–Crippen LogP) is 1.70. The molecule has 0 aromatic heterocycles. The highest BCUT2D eigenvalue weighted by molar-refractivity contribution is 7.84. The molecule has 3 unspecified atom stereocenters. The molecule has 0 spiro atoms. The standard InChI is InChI=1S/C13H19NO3S/c1-9-13(3-4-17-9)18(15)8-10-5-11(14)7-12(6-10)16-2/h5-7,9,13H,3-4,8,14H2,1-2H3. The van der Waals surface area contributed by atoms with Crippen LogP contribution in [0.3, 0.4) is 0 Å². The lowest BCUT2D eigenvalue weighted by Crippen LogP contribution is -2.24. The van der Waals surface area contributed by atoms with Crippen molar-refractivity contribution in [3.63, 3.8) is 0 Å². The van der Waals surface area contributed by atoms with Crippen LogP contribution in [-0.2, 0) is 21.3 Å². The molecule has 1 aromatic carbocycles. The van der Waals surface area contributed by atoms with E-state index in [2.05, 4.69) is 0 Å². The number of benzene rings is 1. The van der Waals surface area contributed by atoms with Crippen molar-refractivity contribution in [3.05, 3.63) is 23.8 Å². The molecule has 5 heteroatoms. The van der Waals surface area contributed by atoms with Crippen molar-refractivity contribution >= 4 is 16.5 Å². The Hall–Kier alpha value is -1.07. The van der Waals surface area contributed by atoms with E-state index in [0.717, 1.165) is 12.0 Å². The van der Waals surface area contributed by atoms with Gasteiger partial charge in [-0.25, -0.2) is 0 Å². The first-order valence-corrected chi connectivity index (χ1v) is 7.40. The summed E-state index contributed by atoms with van der Waals surface area (Å²) in [5, 5.41) is 0.123. The zero-order chi connectivity index (χ0) is 13.1. The van der Waals surface area contributed by atoms with E-state index in [9.17, 15) is 4.21 Å². The van der Waals surface area contributed by atoms with Crippen LogP contribution >= 0.6 is 0 Å². The topological polar surface area (TPSA) is 61.5 Å². The summed E-state index contributed by atoms with van der Waals surface area (Å²) in [5.74, 6) is 1.21. The number of nitrogen functional groups attached to an aromatic ring is 1. The number of methoxy groups -OCH3 is 1. The van der Waals surface area contributed by atoms with E-state index in [-0.39, 0.29) is 11.4 Å². The van der Waals surface area contributed by atoms with Crippen molar-refractivity contribution in [3.8, 4) is 5.75 Å². The minimum absolute atomic E-state index is 0.0776. The van der Waals surface area contributed by atoms with Crippen LogP contribution in [0, 0.1) is 0 Å². The number of hydrogen-bond donors (Lipinski definition) is 1. The van der Waals surface area contributed by atoms with Gasteiger partial charge < -0.3 is 15.2 Å². The zero-order valence-electron chi connectivity index (χ0n) is 10.7. The van der Waals surface area contributed by atoms with Gasteiger partial charge in [0.25, 0.3) is 0 Å². The Morgan fingerprint density at radius 3 is 2.89 bits per heavy atom. The van der Waals surface area contributed by atoms with Gasteiger partial charge >= 0.3 is 0 Å². The number of hydrogen-bond acceptors (Lipinski definition) is 4. The fourth-order valence-corrected chi connectivity index (χ4v) is 3.79. The third-order valence-corrected chi connectivity index (χ3v) is 5.09. The molecule has 0 aliphatic carbocycles. The van der Waals surface area contributed by atoms with E-state index in [1.165, 1.54) is 0 Å². The highest BCUT2D eigenvalue weighted by Gasteiger charge is 2.29. The van der Waals surface area contributed by atoms with E-state index in [1.54, 1.807) is 13.2 Å². The van der Waals surface area contributed by atoms with Crippen LogP contribution < -0.4 is 10.5 Å². The second-order valence-corrected chi connectivity index (χ2v) is 6.20. The molecule has 4 nitrogen and oxygen atoms in total.